The Labute approximate surface area is 106 Å². The van der Waals surface area contributed by atoms with Crippen LogP contribution in [0.25, 0.3) is 0 Å². The molecular formula is C12H17BFNO3. The Bertz CT molecular complexity index is 449. The summed E-state index contributed by atoms with van der Waals surface area (Å²) in [5.41, 5.74) is 0.0518. The lowest BCUT2D eigenvalue weighted by atomic mass is 9.77. The molecule has 1 saturated heterocycles. The monoisotopic (exact) mass is 253 g/mol. The van der Waals surface area contributed by atoms with Crippen molar-refractivity contribution in [3.05, 3.63) is 23.8 Å². The standard InChI is InChI=1S/C12H17BFNO3/c1-11(2)12(3,4)18-13(17-11)9-6-15-10(14)5-8(9)7-16/h5-6,16H,7H2,1-4H3. The minimum Gasteiger partial charge on any atom is -0.399 e. The molecule has 1 aliphatic rings. The van der Waals surface area contributed by atoms with Gasteiger partial charge in [-0.1, -0.05) is 0 Å². The first kappa shape index (κ1) is 13.5. The number of rotatable bonds is 2. The summed E-state index contributed by atoms with van der Waals surface area (Å²) >= 11 is 0. The van der Waals surface area contributed by atoms with Gasteiger partial charge >= 0.3 is 7.12 Å². The summed E-state index contributed by atoms with van der Waals surface area (Å²) in [7, 11) is -0.634. The Hall–Kier alpha value is -0.975. The van der Waals surface area contributed by atoms with E-state index in [-0.39, 0.29) is 6.61 Å². The highest BCUT2D eigenvalue weighted by atomic mass is 19.1. The minimum absolute atomic E-state index is 0.279. The average Bonchev–Trinajstić information content (AvgIpc) is 2.47. The molecular weight excluding hydrogens is 236 g/mol. The molecule has 1 aromatic heterocycles. The van der Waals surface area contributed by atoms with Gasteiger partial charge in [-0.15, -0.1) is 0 Å². The van der Waals surface area contributed by atoms with Gasteiger partial charge in [-0.2, -0.15) is 4.39 Å². The zero-order valence-electron chi connectivity index (χ0n) is 11.0. The molecule has 4 nitrogen and oxygen atoms in total. The highest BCUT2D eigenvalue weighted by Crippen LogP contribution is 2.36. The Kier molecular flexibility index (Phi) is 3.21. The first-order valence-corrected chi connectivity index (χ1v) is 5.87. The third kappa shape index (κ3) is 2.16. The quantitative estimate of drug-likeness (QED) is 0.631. The van der Waals surface area contributed by atoms with Crippen molar-refractivity contribution >= 4 is 12.6 Å². The third-order valence-electron chi connectivity index (χ3n) is 3.67. The van der Waals surface area contributed by atoms with Gasteiger partial charge in [0.05, 0.1) is 17.8 Å². The van der Waals surface area contributed by atoms with Gasteiger partial charge in [-0.3, -0.25) is 0 Å². The van der Waals surface area contributed by atoms with E-state index in [9.17, 15) is 9.50 Å². The molecule has 98 valence electrons. The summed E-state index contributed by atoms with van der Waals surface area (Å²) in [5.74, 6) is -0.626. The van der Waals surface area contributed by atoms with Crippen LogP contribution in [0.1, 0.15) is 33.3 Å². The second kappa shape index (κ2) is 4.29. The van der Waals surface area contributed by atoms with Crippen molar-refractivity contribution < 1.29 is 18.8 Å². The van der Waals surface area contributed by atoms with Gasteiger partial charge in [0, 0.05) is 11.7 Å². The zero-order valence-corrected chi connectivity index (χ0v) is 11.0. The molecule has 0 bridgehead atoms. The van der Waals surface area contributed by atoms with Crippen LogP contribution < -0.4 is 5.46 Å². The molecule has 0 unspecified atom stereocenters. The van der Waals surface area contributed by atoms with Crippen molar-refractivity contribution in [2.24, 2.45) is 0 Å². The normalized spacial score (nSPS) is 21.3. The molecule has 2 heterocycles. The molecule has 6 heteroatoms. The number of halogens is 1. The summed E-state index contributed by atoms with van der Waals surface area (Å²) in [6.07, 6.45) is 1.35. The van der Waals surface area contributed by atoms with E-state index in [1.54, 1.807) is 0 Å². The Morgan fingerprint density at radius 3 is 2.33 bits per heavy atom. The van der Waals surface area contributed by atoms with Crippen LogP contribution in [0, 0.1) is 5.95 Å². The molecule has 0 aromatic carbocycles. The first-order valence-electron chi connectivity index (χ1n) is 5.87. The predicted molar refractivity (Wildman–Crippen MR) is 65.8 cm³/mol. The van der Waals surface area contributed by atoms with Gasteiger partial charge in [0.2, 0.25) is 5.95 Å². The SMILES string of the molecule is CC1(C)OB(c2cnc(F)cc2CO)OC1(C)C. The topological polar surface area (TPSA) is 51.6 Å². The lowest BCUT2D eigenvalue weighted by Gasteiger charge is -2.32. The maximum atomic E-state index is 13.0. The van der Waals surface area contributed by atoms with Crippen LogP contribution in [0.2, 0.25) is 0 Å². The number of hydrogen-bond acceptors (Lipinski definition) is 4. The molecule has 0 amide bonds. The third-order valence-corrected chi connectivity index (χ3v) is 3.67. The summed E-state index contributed by atoms with van der Waals surface area (Å²) in [4.78, 5) is 3.59. The lowest BCUT2D eigenvalue weighted by molar-refractivity contribution is 0.00578. The summed E-state index contributed by atoms with van der Waals surface area (Å²) in [6.45, 7) is 7.45. The predicted octanol–water partition coefficient (Wildman–Crippen LogP) is 1.01. The smallest absolute Gasteiger partial charge is 0.399 e. The maximum absolute atomic E-state index is 13.0. The summed E-state index contributed by atoms with van der Waals surface area (Å²) in [5, 5.41) is 9.26. The molecule has 0 radical (unpaired) electrons. The molecule has 0 saturated carbocycles. The van der Waals surface area contributed by atoms with Gasteiger partial charge in [-0.25, -0.2) is 4.98 Å². The molecule has 1 fully saturated rings. The van der Waals surface area contributed by atoms with Crippen LogP contribution >= 0.6 is 0 Å². The van der Waals surface area contributed by atoms with E-state index in [4.69, 9.17) is 9.31 Å². The van der Waals surface area contributed by atoms with E-state index in [0.29, 0.717) is 11.0 Å². The average molecular weight is 253 g/mol. The number of hydrogen-bond donors (Lipinski definition) is 1. The van der Waals surface area contributed by atoms with Crippen molar-refractivity contribution in [1.82, 2.24) is 4.98 Å². The minimum atomic E-state index is -0.634. The van der Waals surface area contributed by atoms with E-state index in [0.717, 1.165) is 0 Å². The molecule has 0 aliphatic carbocycles. The summed E-state index contributed by atoms with van der Waals surface area (Å²) < 4.78 is 24.7. The molecule has 2 rings (SSSR count). The van der Waals surface area contributed by atoms with E-state index in [1.165, 1.54) is 12.3 Å². The van der Waals surface area contributed by atoms with Crippen molar-refractivity contribution in [2.75, 3.05) is 0 Å². The molecule has 1 N–H and O–H groups in total. The largest absolute Gasteiger partial charge is 0.496 e. The Morgan fingerprint density at radius 1 is 1.28 bits per heavy atom. The van der Waals surface area contributed by atoms with E-state index >= 15 is 0 Å². The summed E-state index contributed by atoms with van der Waals surface area (Å²) in [6, 6.07) is 1.19. The van der Waals surface area contributed by atoms with Crippen LogP contribution in [0.4, 0.5) is 4.39 Å². The molecule has 1 aliphatic heterocycles. The van der Waals surface area contributed by atoms with Crippen molar-refractivity contribution in [3.63, 3.8) is 0 Å². The van der Waals surface area contributed by atoms with Crippen LogP contribution in [0.5, 0.6) is 0 Å². The van der Waals surface area contributed by atoms with Crippen molar-refractivity contribution in [1.29, 1.82) is 0 Å². The van der Waals surface area contributed by atoms with Crippen LogP contribution in [0.15, 0.2) is 12.3 Å². The zero-order chi connectivity index (χ0) is 13.6. The lowest BCUT2D eigenvalue weighted by Crippen LogP contribution is -2.41. The highest BCUT2D eigenvalue weighted by Gasteiger charge is 2.52. The van der Waals surface area contributed by atoms with Crippen LogP contribution in [-0.2, 0) is 15.9 Å². The number of aliphatic hydroxyl groups is 1. The molecule has 1 aromatic rings. The van der Waals surface area contributed by atoms with Gasteiger partial charge in [0.15, 0.2) is 0 Å². The van der Waals surface area contributed by atoms with Crippen LogP contribution in [0.3, 0.4) is 0 Å². The first-order chi connectivity index (χ1) is 8.27. The van der Waals surface area contributed by atoms with Gasteiger partial charge in [0.25, 0.3) is 0 Å². The number of nitrogens with zero attached hydrogens (tertiary/aromatic N) is 1. The fourth-order valence-corrected chi connectivity index (χ4v) is 1.80. The maximum Gasteiger partial charge on any atom is 0.496 e. The second-order valence-electron chi connectivity index (χ2n) is 5.45. The van der Waals surface area contributed by atoms with Crippen molar-refractivity contribution in [2.45, 2.75) is 45.5 Å². The van der Waals surface area contributed by atoms with E-state index in [2.05, 4.69) is 4.98 Å². The Morgan fingerprint density at radius 2 is 1.83 bits per heavy atom. The fourth-order valence-electron chi connectivity index (χ4n) is 1.80. The van der Waals surface area contributed by atoms with Gasteiger partial charge < -0.3 is 14.4 Å². The van der Waals surface area contributed by atoms with Gasteiger partial charge in [0.1, 0.15) is 0 Å². The Balaban J connectivity index is 2.35. The highest BCUT2D eigenvalue weighted by molar-refractivity contribution is 6.62. The van der Waals surface area contributed by atoms with E-state index < -0.39 is 24.3 Å². The number of aromatic nitrogens is 1. The number of aliphatic hydroxyl groups excluding tert-OH is 1. The second-order valence-corrected chi connectivity index (χ2v) is 5.45. The fraction of sp³-hybridized carbons (Fsp3) is 0.583. The number of pyridine rings is 1. The van der Waals surface area contributed by atoms with Crippen LogP contribution in [-0.4, -0.2) is 28.4 Å². The molecule has 0 atom stereocenters. The van der Waals surface area contributed by atoms with Crippen molar-refractivity contribution in [3.8, 4) is 0 Å². The molecule has 0 spiro atoms. The molecule has 18 heavy (non-hydrogen) atoms. The van der Waals surface area contributed by atoms with Gasteiger partial charge in [-0.05, 0) is 39.3 Å². The van der Waals surface area contributed by atoms with E-state index in [1.807, 2.05) is 27.7 Å².